The predicted molar refractivity (Wildman–Crippen MR) is 173 cm³/mol. The molecular weight excluding hydrogens is 562 g/mol. The van der Waals surface area contributed by atoms with E-state index in [0.717, 1.165) is 88.7 Å². The third kappa shape index (κ3) is 9.78. The number of ether oxygens (including phenoxy) is 2. The molecule has 4 N–H and O–H groups in total. The summed E-state index contributed by atoms with van der Waals surface area (Å²) < 4.78 is 38.5. The van der Waals surface area contributed by atoms with Gasteiger partial charge in [-0.25, -0.2) is 8.78 Å². The van der Waals surface area contributed by atoms with Gasteiger partial charge in [-0.05, 0) is 114 Å². The van der Waals surface area contributed by atoms with Crippen molar-refractivity contribution in [2.24, 2.45) is 11.8 Å². The number of unbranched alkanes of at least 4 members (excludes halogenated alkanes) is 2. The fraction of sp³-hybridized carbons (Fsp3) is 0.667. The van der Waals surface area contributed by atoms with Crippen molar-refractivity contribution in [1.82, 2.24) is 10.6 Å². The molecule has 0 radical (unpaired) electrons. The second-order valence-corrected chi connectivity index (χ2v) is 12.7. The van der Waals surface area contributed by atoms with E-state index in [1.165, 1.54) is 12.1 Å². The summed E-state index contributed by atoms with van der Waals surface area (Å²) >= 11 is 0. The van der Waals surface area contributed by atoms with Gasteiger partial charge in [-0.1, -0.05) is 29.8 Å². The highest BCUT2D eigenvalue weighted by molar-refractivity contribution is 5.33. The Morgan fingerprint density at radius 2 is 1.30 bits per heavy atom. The van der Waals surface area contributed by atoms with Gasteiger partial charge in [0.15, 0.2) is 0 Å². The van der Waals surface area contributed by atoms with E-state index in [0.29, 0.717) is 37.2 Å². The van der Waals surface area contributed by atoms with Crippen LogP contribution in [0.2, 0.25) is 0 Å². The standard InChI is InChI=1S/2C18H28FNO2/c1-14-16(8-5-9-17(14)19)18(21,10-3-4-12-22-2)15-7-6-11-20-13-15;1-14-7-8-17(19)16(12-14)18(21,9-3-4-11-22-2)15-6-5-10-20-13-15/h5,8-9,15,20-21H,3-4,6-7,10-13H2,1-2H3;7-8,12,15,20-21H,3-6,9-11,13H2,1-2H3/t2*15-,18+/m11/s1. The van der Waals surface area contributed by atoms with Gasteiger partial charge in [0.2, 0.25) is 0 Å². The lowest BCUT2D eigenvalue weighted by Crippen LogP contribution is -2.45. The summed E-state index contributed by atoms with van der Waals surface area (Å²) in [6.07, 6.45) is 8.70. The monoisotopic (exact) mass is 618 g/mol. The van der Waals surface area contributed by atoms with Crippen LogP contribution in [0, 0.1) is 37.3 Å². The van der Waals surface area contributed by atoms with E-state index in [9.17, 15) is 19.0 Å². The van der Waals surface area contributed by atoms with Crippen LogP contribution >= 0.6 is 0 Å². The molecule has 6 nitrogen and oxygen atoms in total. The SMILES string of the molecule is COCCCC[C@@](O)(c1cc(C)ccc1F)[C@@H]1CCCNC1.COCCCC[C@@](O)(c1cccc(F)c1C)[C@@H]1CCCNC1. The van der Waals surface area contributed by atoms with Gasteiger partial charge in [0.05, 0.1) is 11.2 Å². The molecular formula is C36H56F2N2O4. The number of piperidine rings is 2. The smallest absolute Gasteiger partial charge is 0.129 e. The Kier molecular flexibility index (Phi) is 15.2. The zero-order valence-electron chi connectivity index (χ0n) is 27.4. The van der Waals surface area contributed by atoms with Crippen LogP contribution in [-0.2, 0) is 20.7 Å². The molecule has 2 fully saturated rings. The predicted octanol–water partition coefficient (Wildman–Crippen LogP) is 6.28. The van der Waals surface area contributed by atoms with Crippen molar-refractivity contribution in [3.05, 3.63) is 70.3 Å². The maximum atomic E-state index is 14.4. The van der Waals surface area contributed by atoms with Crippen molar-refractivity contribution in [2.45, 2.75) is 89.3 Å². The van der Waals surface area contributed by atoms with Crippen LogP contribution in [0.3, 0.4) is 0 Å². The van der Waals surface area contributed by atoms with Crippen LogP contribution < -0.4 is 10.6 Å². The van der Waals surface area contributed by atoms with Crippen molar-refractivity contribution in [2.75, 3.05) is 53.6 Å². The molecule has 2 saturated heterocycles. The van der Waals surface area contributed by atoms with E-state index in [-0.39, 0.29) is 23.5 Å². The largest absolute Gasteiger partial charge is 0.385 e. The summed E-state index contributed by atoms with van der Waals surface area (Å²) in [6.45, 7) is 8.58. The average Bonchev–Trinajstić information content (AvgIpc) is 3.05. The van der Waals surface area contributed by atoms with Gasteiger partial charge in [-0.15, -0.1) is 0 Å². The Morgan fingerprint density at radius 3 is 1.80 bits per heavy atom. The number of halogens is 2. The van der Waals surface area contributed by atoms with Crippen molar-refractivity contribution >= 4 is 0 Å². The lowest BCUT2D eigenvalue weighted by molar-refractivity contribution is -0.0461. The van der Waals surface area contributed by atoms with Crippen LogP contribution in [0.1, 0.15) is 86.5 Å². The molecule has 44 heavy (non-hydrogen) atoms. The second kappa shape index (κ2) is 18.3. The number of aryl methyl sites for hydroxylation is 1. The topological polar surface area (TPSA) is 83.0 Å². The van der Waals surface area contributed by atoms with E-state index < -0.39 is 11.2 Å². The Hall–Kier alpha value is -1.94. The summed E-state index contributed by atoms with van der Waals surface area (Å²) in [5, 5.41) is 29.6. The minimum atomic E-state index is -1.10. The molecule has 2 aliphatic rings. The number of hydrogen-bond donors (Lipinski definition) is 4. The molecule has 2 aliphatic heterocycles. The summed E-state index contributed by atoms with van der Waals surface area (Å²) in [6, 6.07) is 10.1. The van der Waals surface area contributed by atoms with Crippen LogP contribution in [0.25, 0.3) is 0 Å². The van der Waals surface area contributed by atoms with Crippen molar-refractivity contribution in [1.29, 1.82) is 0 Å². The molecule has 0 amide bonds. The van der Waals surface area contributed by atoms with Crippen LogP contribution in [0.15, 0.2) is 36.4 Å². The number of nitrogens with one attached hydrogen (secondary N) is 2. The molecule has 4 rings (SSSR count). The fourth-order valence-corrected chi connectivity index (χ4v) is 6.97. The van der Waals surface area contributed by atoms with Crippen LogP contribution in [0.5, 0.6) is 0 Å². The van der Waals surface area contributed by atoms with Crippen molar-refractivity contribution in [3.8, 4) is 0 Å². The Bertz CT molecular complexity index is 1090. The summed E-state index contributed by atoms with van der Waals surface area (Å²) in [5.74, 6) is -0.355. The van der Waals surface area contributed by atoms with Gasteiger partial charge in [0.1, 0.15) is 11.6 Å². The highest BCUT2D eigenvalue weighted by atomic mass is 19.1. The molecule has 248 valence electrons. The maximum absolute atomic E-state index is 14.4. The zero-order valence-corrected chi connectivity index (χ0v) is 27.4. The van der Waals surface area contributed by atoms with Crippen molar-refractivity contribution < 1.29 is 28.5 Å². The first kappa shape index (κ1) is 36.5. The highest BCUT2D eigenvalue weighted by Crippen LogP contribution is 2.41. The quantitative estimate of drug-likeness (QED) is 0.187. The third-order valence-corrected chi connectivity index (χ3v) is 9.58. The normalized spacial score (nSPS) is 21.5. The molecule has 2 aromatic carbocycles. The highest BCUT2D eigenvalue weighted by Gasteiger charge is 2.41. The third-order valence-electron chi connectivity index (χ3n) is 9.58. The van der Waals surface area contributed by atoms with E-state index in [1.807, 2.05) is 13.0 Å². The lowest BCUT2D eigenvalue weighted by atomic mass is 9.73. The first-order chi connectivity index (χ1) is 21.2. The van der Waals surface area contributed by atoms with Gasteiger partial charge < -0.3 is 30.3 Å². The summed E-state index contributed by atoms with van der Waals surface area (Å²) in [5.41, 5.74) is 0.694. The van der Waals surface area contributed by atoms with E-state index in [2.05, 4.69) is 10.6 Å². The molecule has 8 heteroatoms. The molecule has 0 spiro atoms. The molecule has 0 bridgehead atoms. The molecule has 0 aromatic heterocycles. The van der Waals surface area contributed by atoms with Gasteiger partial charge in [0.25, 0.3) is 0 Å². The number of benzene rings is 2. The van der Waals surface area contributed by atoms with Gasteiger partial charge >= 0.3 is 0 Å². The summed E-state index contributed by atoms with van der Waals surface area (Å²) in [7, 11) is 3.37. The number of hydrogen-bond acceptors (Lipinski definition) is 6. The second-order valence-electron chi connectivity index (χ2n) is 12.7. The number of rotatable bonds is 14. The Balaban J connectivity index is 0.000000240. The first-order valence-corrected chi connectivity index (χ1v) is 16.5. The molecule has 2 aromatic rings. The number of methoxy groups -OCH3 is 2. The first-order valence-electron chi connectivity index (χ1n) is 16.5. The fourth-order valence-electron chi connectivity index (χ4n) is 6.97. The van der Waals surface area contributed by atoms with E-state index in [4.69, 9.17) is 9.47 Å². The molecule has 4 atom stereocenters. The van der Waals surface area contributed by atoms with Crippen molar-refractivity contribution in [3.63, 3.8) is 0 Å². The van der Waals surface area contributed by atoms with Crippen LogP contribution in [0.4, 0.5) is 8.78 Å². The van der Waals surface area contributed by atoms with Gasteiger partial charge in [0, 0.05) is 57.9 Å². The molecule has 0 aliphatic carbocycles. The molecule has 0 saturated carbocycles. The minimum Gasteiger partial charge on any atom is -0.385 e. The zero-order chi connectivity index (χ0) is 32.0. The Morgan fingerprint density at radius 1 is 0.750 bits per heavy atom. The van der Waals surface area contributed by atoms with Gasteiger partial charge in [-0.3, -0.25) is 0 Å². The van der Waals surface area contributed by atoms with Crippen LogP contribution in [-0.4, -0.2) is 63.8 Å². The van der Waals surface area contributed by atoms with E-state index in [1.54, 1.807) is 39.3 Å². The lowest BCUT2D eigenvalue weighted by Gasteiger charge is -2.40. The average molecular weight is 619 g/mol. The van der Waals surface area contributed by atoms with E-state index >= 15 is 0 Å². The number of aliphatic hydroxyl groups is 2. The Labute approximate surface area is 263 Å². The molecule has 2 heterocycles. The minimum absolute atomic E-state index is 0.0556. The maximum Gasteiger partial charge on any atom is 0.129 e. The van der Waals surface area contributed by atoms with Gasteiger partial charge in [-0.2, -0.15) is 0 Å². The summed E-state index contributed by atoms with van der Waals surface area (Å²) in [4.78, 5) is 0. The molecule has 0 unspecified atom stereocenters.